The fourth-order valence-corrected chi connectivity index (χ4v) is 4.38. The van der Waals surface area contributed by atoms with E-state index in [1.54, 1.807) is 12.1 Å². The normalized spacial score (nSPS) is 13.2. The molecule has 0 aliphatic rings. The van der Waals surface area contributed by atoms with Crippen LogP contribution in [0.15, 0.2) is 54.6 Å². The minimum Gasteiger partial charge on any atom is -0.292 e. The number of imidazole rings is 1. The summed E-state index contributed by atoms with van der Waals surface area (Å²) in [6.07, 6.45) is 0. The Bertz CT molecular complexity index is 1460. The fourth-order valence-electron chi connectivity index (χ4n) is 4.38. The third kappa shape index (κ3) is 2.70. The predicted octanol–water partition coefficient (Wildman–Crippen LogP) is 7.51. The number of nitrogens with zero attached hydrogens (tertiary/aromatic N) is 2. The van der Waals surface area contributed by atoms with E-state index in [0.717, 1.165) is 34.4 Å². The Balaban J connectivity index is 2.05. The van der Waals surface area contributed by atoms with Crippen molar-refractivity contribution in [3.63, 3.8) is 0 Å². The van der Waals surface area contributed by atoms with Crippen LogP contribution in [0.2, 0.25) is 0 Å². The molecule has 0 spiro atoms. The maximum Gasteiger partial charge on any atom is 0.270 e. The lowest BCUT2D eigenvalue weighted by Crippen LogP contribution is -2.11. The SMILES string of the molecule is Cc1cccc2c1c1cc(C(C)(C)C)ccc1n1c3cc(C(C)(F)F)ccc3nc21. The first-order valence-electron chi connectivity index (χ1n) is 10.2. The van der Waals surface area contributed by atoms with Gasteiger partial charge in [-0.25, -0.2) is 13.8 Å². The Labute approximate surface area is 174 Å². The minimum atomic E-state index is -2.90. The molecule has 0 amide bonds. The highest BCUT2D eigenvalue weighted by Gasteiger charge is 2.26. The molecule has 152 valence electrons. The van der Waals surface area contributed by atoms with Gasteiger partial charge in [0, 0.05) is 23.3 Å². The van der Waals surface area contributed by atoms with Gasteiger partial charge in [-0.1, -0.05) is 51.1 Å². The van der Waals surface area contributed by atoms with Crippen LogP contribution in [0.5, 0.6) is 0 Å². The second-order valence-electron chi connectivity index (χ2n) is 9.34. The first kappa shape index (κ1) is 19.0. The van der Waals surface area contributed by atoms with Crippen LogP contribution in [0.3, 0.4) is 0 Å². The molecule has 0 aliphatic carbocycles. The van der Waals surface area contributed by atoms with Crippen molar-refractivity contribution in [2.75, 3.05) is 0 Å². The average Bonchev–Trinajstić information content (AvgIpc) is 3.05. The summed E-state index contributed by atoms with van der Waals surface area (Å²) in [6, 6.07) is 17.4. The fraction of sp³-hybridized carbons (Fsp3) is 0.269. The third-order valence-corrected chi connectivity index (χ3v) is 6.05. The first-order valence-corrected chi connectivity index (χ1v) is 10.2. The lowest BCUT2D eigenvalue weighted by molar-refractivity contribution is 0.0176. The second kappa shape index (κ2) is 6.00. The molecule has 0 unspecified atom stereocenters. The van der Waals surface area contributed by atoms with Gasteiger partial charge >= 0.3 is 0 Å². The molecule has 2 nitrogen and oxygen atoms in total. The molecular formula is C26H24F2N2. The number of aryl methyl sites for hydroxylation is 1. The summed E-state index contributed by atoms with van der Waals surface area (Å²) in [7, 11) is 0. The first-order chi connectivity index (χ1) is 14.1. The molecule has 3 aromatic carbocycles. The van der Waals surface area contributed by atoms with Crippen molar-refractivity contribution in [2.45, 2.75) is 46.0 Å². The molecule has 2 heterocycles. The van der Waals surface area contributed by atoms with E-state index < -0.39 is 5.92 Å². The largest absolute Gasteiger partial charge is 0.292 e. The maximum atomic E-state index is 14.1. The van der Waals surface area contributed by atoms with Crippen LogP contribution in [-0.2, 0) is 11.3 Å². The van der Waals surface area contributed by atoms with E-state index >= 15 is 0 Å². The van der Waals surface area contributed by atoms with Crippen molar-refractivity contribution in [1.82, 2.24) is 9.38 Å². The number of hydrogen-bond acceptors (Lipinski definition) is 1. The summed E-state index contributed by atoms with van der Waals surface area (Å²) < 4.78 is 30.2. The lowest BCUT2D eigenvalue weighted by atomic mass is 9.85. The zero-order valence-corrected chi connectivity index (χ0v) is 17.8. The van der Waals surface area contributed by atoms with Crippen molar-refractivity contribution in [3.8, 4) is 0 Å². The number of pyridine rings is 1. The van der Waals surface area contributed by atoms with Crippen LogP contribution in [-0.4, -0.2) is 9.38 Å². The van der Waals surface area contributed by atoms with E-state index in [9.17, 15) is 8.78 Å². The standard InChI is InChI=1S/C26H24F2N2/c1-15-7-6-8-18-23(15)19-13-16(25(2,3)4)10-12-21(19)30-22-14-17(26(5,27)28)9-11-20(22)29-24(18)30/h6-14H,1-5H3. The molecule has 2 aromatic heterocycles. The smallest absolute Gasteiger partial charge is 0.270 e. The lowest BCUT2D eigenvalue weighted by Gasteiger charge is -2.21. The molecule has 0 aliphatic heterocycles. The average molecular weight is 402 g/mol. The van der Waals surface area contributed by atoms with Gasteiger partial charge in [0.25, 0.3) is 5.92 Å². The molecule has 5 aromatic rings. The minimum absolute atomic E-state index is 0.000556. The molecule has 4 heteroatoms. The molecule has 0 fully saturated rings. The Kier molecular flexibility index (Phi) is 3.80. The van der Waals surface area contributed by atoms with Gasteiger partial charge in [0.1, 0.15) is 5.65 Å². The molecule has 0 saturated carbocycles. The quantitative estimate of drug-likeness (QED) is 0.265. The van der Waals surface area contributed by atoms with Gasteiger partial charge in [0.15, 0.2) is 0 Å². The van der Waals surface area contributed by atoms with E-state index in [-0.39, 0.29) is 11.0 Å². The highest BCUT2D eigenvalue weighted by atomic mass is 19.3. The molecule has 0 atom stereocenters. The Morgan fingerprint density at radius 3 is 2.23 bits per heavy atom. The Morgan fingerprint density at radius 2 is 1.53 bits per heavy atom. The summed E-state index contributed by atoms with van der Waals surface area (Å²) in [6.45, 7) is 9.64. The molecular weight excluding hydrogens is 378 g/mol. The van der Waals surface area contributed by atoms with Crippen LogP contribution in [0.4, 0.5) is 8.78 Å². The van der Waals surface area contributed by atoms with Crippen molar-refractivity contribution >= 4 is 38.4 Å². The van der Waals surface area contributed by atoms with E-state index in [4.69, 9.17) is 4.98 Å². The van der Waals surface area contributed by atoms with Crippen LogP contribution in [0.1, 0.15) is 44.4 Å². The molecule has 0 radical (unpaired) electrons. The molecule has 0 bridgehead atoms. The molecule has 5 rings (SSSR count). The highest BCUT2D eigenvalue weighted by molar-refractivity contribution is 6.15. The van der Waals surface area contributed by atoms with Gasteiger partial charge < -0.3 is 0 Å². The number of hydrogen-bond donors (Lipinski definition) is 0. The van der Waals surface area contributed by atoms with Gasteiger partial charge in [-0.2, -0.15) is 0 Å². The number of fused-ring (bicyclic) bond motifs is 8. The van der Waals surface area contributed by atoms with E-state index in [2.05, 4.69) is 58.0 Å². The van der Waals surface area contributed by atoms with Crippen LogP contribution in [0.25, 0.3) is 38.4 Å². The molecule has 0 saturated heterocycles. The summed E-state index contributed by atoms with van der Waals surface area (Å²) >= 11 is 0. The summed E-state index contributed by atoms with van der Waals surface area (Å²) in [5.74, 6) is -2.90. The topological polar surface area (TPSA) is 17.3 Å². The number of rotatable bonds is 1. The van der Waals surface area contributed by atoms with Crippen molar-refractivity contribution in [3.05, 3.63) is 71.3 Å². The third-order valence-electron chi connectivity index (χ3n) is 6.05. The van der Waals surface area contributed by atoms with Crippen LogP contribution in [0, 0.1) is 6.92 Å². The van der Waals surface area contributed by atoms with E-state index in [1.165, 1.54) is 22.6 Å². The summed E-state index contributed by atoms with van der Waals surface area (Å²) in [5, 5.41) is 3.33. The number of aromatic nitrogens is 2. The van der Waals surface area contributed by atoms with Crippen molar-refractivity contribution in [1.29, 1.82) is 0 Å². The molecule has 30 heavy (non-hydrogen) atoms. The number of benzene rings is 3. The van der Waals surface area contributed by atoms with Gasteiger partial charge in [-0.15, -0.1) is 0 Å². The highest BCUT2D eigenvalue weighted by Crippen LogP contribution is 2.37. The van der Waals surface area contributed by atoms with Crippen molar-refractivity contribution < 1.29 is 8.78 Å². The molecule has 0 N–H and O–H groups in total. The van der Waals surface area contributed by atoms with Gasteiger partial charge in [0.05, 0.1) is 16.6 Å². The predicted molar refractivity (Wildman–Crippen MR) is 121 cm³/mol. The zero-order valence-electron chi connectivity index (χ0n) is 17.8. The second-order valence-corrected chi connectivity index (χ2v) is 9.34. The van der Waals surface area contributed by atoms with Gasteiger partial charge in [-0.05, 0) is 53.1 Å². The van der Waals surface area contributed by atoms with Gasteiger partial charge in [0.2, 0.25) is 0 Å². The van der Waals surface area contributed by atoms with Crippen LogP contribution < -0.4 is 0 Å². The monoisotopic (exact) mass is 402 g/mol. The Morgan fingerprint density at radius 1 is 0.800 bits per heavy atom. The maximum absolute atomic E-state index is 14.1. The number of halogens is 2. The van der Waals surface area contributed by atoms with E-state index in [1.807, 2.05) is 10.5 Å². The van der Waals surface area contributed by atoms with E-state index in [0.29, 0.717) is 5.52 Å². The summed E-state index contributed by atoms with van der Waals surface area (Å²) in [4.78, 5) is 4.85. The van der Waals surface area contributed by atoms with Crippen LogP contribution >= 0.6 is 0 Å². The van der Waals surface area contributed by atoms with Crippen molar-refractivity contribution in [2.24, 2.45) is 0 Å². The Hall–Kier alpha value is -3.01. The van der Waals surface area contributed by atoms with Gasteiger partial charge in [-0.3, -0.25) is 4.40 Å². The zero-order chi connectivity index (χ0) is 21.4. The summed E-state index contributed by atoms with van der Waals surface area (Å²) in [5.41, 5.74) is 5.64. The number of alkyl halides is 2.